The van der Waals surface area contributed by atoms with Crippen LogP contribution >= 0.6 is 11.3 Å². The van der Waals surface area contributed by atoms with E-state index in [4.69, 9.17) is 0 Å². The molecule has 0 aliphatic carbocycles. The Morgan fingerprint density at radius 1 is 1.50 bits per heavy atom. The van der Waals surface area contributed by atoms with Gasteiger partial charge in [-0.2, -0.15) is 5.10 Å². The van der Waals surface area contributed by atoms with Gasteiger partial charge in [-0.1, -0.05) is 0 Å². The molecular formula is C14H20N4OS. The molecule has 108 valence electrons. The standard InChI is InChI=1S/C14H20N4OS/c1-9-5-13(11(3)20-9)10(2)17-12-6-16-18(7-12)8-14(19)15-4/h5-7,10,17H,8H2,1-4H3,(H,15,19). The van der Waals surface area contributed by atoms with Crippen molar-refractivity contribution < 1.29 is 4.79 Å². The summed E-state index contributed by atoms with van der Waals surface area (Å²) in [6, 6.07) is 2.43. The summed E-state index contributed by atoms with van der Waals surface area (Å²) in [5.74, 6) is -0.0583. The Morgan fingerprint density at radius 2 is 2.25 bits per heavy atom. The van der Waals surface area contributed by atoms with Crippen molar-refractivity contribution in [2.45, 2.75) is 33.4 Å². The van der Waals surface area contributed by atoms with Crippen molar-refractivity contribution in [3.8, 4) is 0 Å². The molecule has 1 unspecified atom stereocenters. The van der Waals surface area contributed by atoms with Crippen molar-refractivity contribution in [3.05, 3.63) is 33.8 Å². The molecule has 2 aromatic heterocycles. The Morgan fingerprint density at radius 3 is 2.85 bits per heavy atom. The van der Waals surface area contributed by atoms with E-state index in [9.17, 15) is 4.79 Å². The van der Waals surface area contributed by atoms with Gasteiger partial charge in [-0.05, 0) is 32.4 Å². The first-order valence-electron chi connectivity index (χ1n) is 6.56. The third kappa shape index (κ3) is 3.39. The molecule has 1 atom stereocenters. The van der Waals surface area contributed by atoms with Gasteiger partial charge in [0.25, 0.3) is 0 Å². The molecule has 0 fully saturated rings. The molecule has 0 aliphatic heterocycles. The van der Waals surface area contributed by atoms with E-state index in [-0.39, 0.29) is 18.5 Å². The van der Waals surface area contributed by atoms with Crippen LogP contribution in [0.5, 0.6) is 0 Å². The largest absolute Gasteiger partial charge is 0.376 e. The average molecular weight is 292 g/mol. The summed E-state index contributed by atoms with van der Waals surface area (Å²) in [5.41, 5.74) is 2.23. The van der Waals surface area contributed by atoms with Gasteiger partial charge in [0.1, 0.15) is 6.54 Å². The number of thiophene rings is 1. The number of nitrogens with zero attached hydrogens (tertiary/aromatic N) is 2. The normalized spacial score (nSPS) is 12.2. The van der Waals surface area contributed by atoms with Crippen molar-refractivity contribution >= 4 is 22.9 Å². The van der Waals surface area contributed by atoms with Gasteiger partial charge in [0, 0.05) is 29.0 Å². The lowest BCUT2D eigenvalue weighted by Gasteiger charge is -2.13. The maximum absolute atomic E-state index is 11.3. The molecule has 5 nitrogen and oxygen atoms in total. The van der Waals surface area contributed by atoms with Crippen molar-refractivity contribution in [2.75, 3.05) is 12.4 Å². The molecule has 0 spiro atoms. The second kappa shape index (κ2) is 6.09. The van der Waals surface area contributed by atoms with Crippen molar-refractivity contribution in [1.29, 1.82) is 0 Å². The first-order valence-corrected chi connectivity index (χ1v) is 7.37. The van der Waals surface area contributed by atoms with Crippen LogP contribution in [0.4, 0.5) is 5.69 Å². The number of carbonyl (C=O) groups is 1. The monoisotopic (exact) mass is 292 g/mol. The molecular weight excluding hydrogens is 272 g/mol. The predicted octanol–water partition coefficient (Wildman–Crippen LogP) is 2.48. The van der Waals surface area contributed by atoms with Gasteiger partial charge < -0.3 is 10.6 Å². The van der Waals surface area contributed by atoms with Gasteiger partial charge in [-0.15, -0.1) is 11.3 Å². The molecule has 0 bridgehead atoms. The summed E-state index contributed by atoms with van der Waals surface area (Å²) in [5, 5.41) is 10.2. The highest BCUT2D eigenvalue weighted by molar-refractivity contribution is 7.12. The van der Waals surface area contributed by atoms with Gasteiger partial charge >= 0.3 is 0 Å². The van der Waals surface area contributed by atoms with Gasteiger partial charge in [0.15, 0.2) is 0 Å². The van der Waals surface area contributed by atoms with Crippen molar-refractivity contribution in [3.63, 3.8) is 0 Å². The number of aromatic nitrogens is 2. The summed E-state index contributed by atoms with van der Waals surface area (Å²) in [6.07, 6.45) is 3.59. The number of amides is 1. The molecule has 20 heavy (non-hydrogen) atoms. The average Bonchev–Trinajstić information content (AvgIpc) is 2.95. The van der Waals surface area contributed by atoms with Gasteiger partial charge in [0.2, 0.25) is 5.91 Å². The van der Waals surface area contributed by atoms with Crippen molar-refractivity contribution in [2.24, 2.45) is 0 Å². The minimum Gasteiger partial charge on any atom is -0.376 e. The molecule has 1 amide bonds. The van der Waals surface area contributed by atoms with Crippen LogP contribution in [0.3, 0.4) is 0 Å². The maximum atomic E-state index is 11.3. The fraction of sp³-hybridized carbons (Fsp3) is 0.429. The summed E-state index contributed by atoms with van der Waals surface area (Å²) in [6.45, 7) is 6.63. The third-order valence-corrected chi connectivity index (χ3v) is 4.13. The molecule has 0 saturated carbocycles. The highest BCUT2D eigenvalue weighted by Crippen LogP contribution is 2.28. The summed E-state index contributed by atoms with van der Waals surface area (Å²) in [4.78, 5) is 13.9. The maximum Gasteiger partial charge on any atom is 0.241 e. The Bertz CT molecular complexity index is 602. The Hall–Kier alpha value is -1.82. The molecule has 2 heterocycles. The number of aryl methyl sites for hydroxylation is 2. The molecule has 0 aromatic carbocycles. The first-order chi connectivity index (χ1) is 9.49. The predicted molar refractivity (Wildman–Crippen MR) is 82.1 cm³/mol. The van der Waals surface area contributed by atoms with E-state index in [2.05, 4.69) is 42.6 Å². The summed E-state index contributed by atoms with van der Waals surface area (Å²) < 4.78 is 1.62. The Balaban J connectivity index is 2.03. The van der Waals surface area contributed by atoms with Crippen LogP contribution < -0.4 is 10.6 Å². The fourth-order valence-corrected chi connectivity index (χ4v) is 3.18. The minimum absolute atomic E-state index is 0.0583. The second-order valence-corrected chi connectivity index (χ2v) is 6.29. The third-order valence-electron chi connectivity index (χ3n) is 3.15. The zero-order valence-corrected chi connectivity index (χ0v) is 13.0. The SMILES string of the molecule is CNC(=O)Cn1cc(NC(C)c2cc(C)sc2C)cn1. The zero-order valence-electron chi connectivity index (χ0n) is 12.2. The van der Waals surface area contributed by atoms with Crippen LogP contribution in [-0.2, 0) is 11.3 Å². The van der Waals surface area contributed by atoms with E-state index in [1.54, 1.807) is 17.9 Å². The van der Waals surface area contributed by atoms with Crippen LogP contribution in [0.15, 0.2) is 18.5 Å². The highest BCUT2D eigenvalue weighted by Gasteiger charge is 2.12. The number of carbonyl (C=O) groups excluding carboxylic acids is 1. The van der Waals surface area contributed by atoms with Crippen LogP contribution in [0, 0.1) is 13.8 Å². The minimum atomic E-state index is -0.0583. The molecule has 0 saturated heterocycles. The molecule has 2 aromatic rings. The van der Waals surface area contributed by atoms with Crippen LogP contribution in [-0.4, -0.2) is 22.7 Å². The number of anilines is 1. The van der Waals surface area contributed by atoms with E-state index in [1.807, 2.05) is 17.5 Å². The van der Waals surface area contributed by atoms with E-state index in [1.165, 1.54) is 15.3 Å². The van der Waals surface area contributed by atoms with E-state index >= 15 is 0 Å². The van der Waals surface area contributed by atoms with Gasteiger partial charge in [0.05, 0.1) is 11.9 Å². The van der Waals surface area contributed by atoms with E-state index in [0.717, 1.165) is 5.69 Å². The smallest absolute Gasteiger partial charge is 0.241 e. The number of likely N-dealkylation sites (N-methyl/N-ethyl adjacent to an activating group) is 1. The number of hydrogen-bond acceptors (Lipinski definition) is 4. The van der Waals surface area contributed by atoms with E-state index in [0.29, 0.717) is 0 Å². The van der Waals surface area contributed by atoms with Crippen LogP contribution in [0.25, 0.3) is 0 Å². The lowest BCUT2D eigenvalue weighted by atomic mass is 10.1. The fourth-order valence-electron chi connectivity index (χ4n) is 2.16. The van der Waals surface area contributed by atoms with Gasteiger partial charge in [-0.25, -0.2) is 0 Å². The second-order valence-electron chi connectivity index (χ2n) is 4.83. The molecule has 0 aliphatic rings. The molecule has 0 radical (unpaired) electrons. The number of hydrogen-bond donors (Lipinski definition) is 2. The topological polar surface area (TPSA) is 59.0 Å². The van der Waals surface area contributed by atoms with E-state index < -0.39 is 0 Å². The quantitative estimate of drug-likeness (QED) is 0.890. The number of nitrogens with one attached hydrogen (secondary N) is 2. The zero-order chi connectivity index (χ0) is 14.7. The lowest BCUT2D eigenvalue weighted by molar-refractivity contribution is -0.121. The first kappa shape index (κ1) is 14.6. The van der Waals surface area contributed by atoms with Gasteiger partial charge in [-0.3, -0.25) is 9.48 Å². The highest BCUT2D eigenvalue weighted by atomic mass is 32.1. The molecule has 6 heteroatoms. The Kier molecular flexibility index (Phi) is 4.44. The van der Waals surface area contributed by atoms with Crippen molar-refractivity contribution in [1.82, 2.24) is 15.1 Å². The van der Waals surface area contributed by atoms with Crippen LogP contribution in [0.1, 0.15) is 28.3 Å². The summed E-state index contributed by atoms with van der Waals surface area (Å²) >= 11 is 1.81. The lowest BCUT2D eigenvalue weighted by Crippen LogP contribution is -2.23. The Labute approximate surface area is 123 Å². The number of rotatable bonds is 5. The van der Waals surface area contributed by atoms with Crippen LogP contribution in [0.2, 0.25) is 0 Å². The molecule has 2 rings (SSSR count). The summed E-state index contributed by atoms with van der Waals surface area (Å²) in [7, 11) is 1.62. The molecule has 2 N–H and O–H groups in total.